The quantitative estimate of drug-likeness (QED) is 0.850. The van der Waals surface area contributed by atoms with E-state index in [-0.39, 0.29) is 0 Å². The van der Waals surface area contributed by atoms with E-state index in [1.54, 1.807) is 0 Å². The molecule has 4 nitrogen and oxygen atoms in total. The van der Waals surface area contributed by atoms with Crippen LogP contribution in [0.1, 0.15) is 12.8 Å². The highest BCUT2D eigenvalue weighted by molar-refractivity contribution is 7.99. The van der Waals surface area contributed by atoms with Crippen LogP contribution in [-0.2, 0) is 6.42 Å². The van der Waals surface area contributed by atoms with Crippen LogP contribution in [-0.4, -0.2) is 29.0 Å². The third kappa shape index (κ3) is 2.98. The number of hydrogen-bond acceptors (Lipinski definition) is 5. The summed E-state index contributed by atoms with van der Waals surface area (Å²) < 4.78 is 5.31. The fraction of sp³-hybridized carbons (Fsp3) is 0.429. The fourth-order valence-electron chi connectivity index (χ4n) is 2.06. The van der Waals surface area contributed by atoms with Gasteiger partial charge in [-0.25, -0.2) is 0 Å². The molecule has 0 spiro atoms. The van der Waals surface area contributed by atoms with Crippen LogP contribution in [0.5, 0.6) is 0 Å². The van der Waals surface area contributed by atoms with Crippen molar-refractivity contribution in [1.82, 2.24) is 15.5 Å². The molecule has 1 fully saturated rings. The molecule has 3 rings (SSSR count). The highest BCUT2D eigenvalue weighted by Crippen LogP contribution is 2.23. The first kappa shape index (κ1) is 12.7. The van der Waals surface area contributed by atoms with Gasteiger partial charge < -0.3 is 9.84 Å². The fourth-order valence-corrected chi connectivity index (χ4v) is 2.72. The maximum atomic E-state index is 5.31. The molecule has 2 aromatic rings. The van der Waals surface area contributed by atoms with Gasteiger partial charge in [-0.05, 0) is 49.0 Å². The molecule has 2 heterocycles. The van der Waals surface area contributed by atoms with Gasteiger partial charge in [0.05, 0.1) is 0 Å². The highest BCUT2D eigenvalue weighted by Gasteiger charge is 2.20. The Labute approximate surface area is 117 Å². The summed E-state index contributed by atoms with van der Waals surface area (Å²) in [7, 11) is 0. The smallest absolute Gasteiger partial charge is 0.227 e. The Morgan fingerprint density at radius 3 is 2.74 bits per heavy atom. The number of nitrogens with one attached hydrogen (secondary N) is 1. The van der Waals surface area contributed by atoms with Gasteiger partial charge in [-0.1, -0.05) is 12.1 Å². The molecule has 1 saturated heterocycles. The lowest BCUT2D eigenvalue weighted by atomic mass is 10.00. The van der Waals surface area contributed by atoms with E-state index in [0.29, 0.717) is 11.7 Å². The molecule has 19 heavy (non-hydrogen) atoms. The lowest BCUT2D eigenvalue weighted by Crippen LogP contribution is -2.43. The van der Waals surface area contributed by atoms with Gasteiger partial charge in [-0.15, -0.1) is 11.8 Å². The molecule has 1 aliphatic heterocycles. The van der Waals surface area contributed by atoms with Crippen LogP contribution in [0.15, 0.2) is 33.7 Å². The second kappa shape index (κ2) is 5.75. The topological polar surface area (TPSA) is 51.0 Å². The first-order chi connectivity index (χ1) is 9.35. The van der Waals surface area contributed by atoms with Crippen LogP contribution in [0, 0.1) is 5.92 Å². The van der Waals surface area contributed by atoms with Crippen molar-refractivity contribution in [3.63, 3.8) is 0 Å². The van der Waals surface area contributed by atoms with E-state index >= 15 is 0 Å². The Bertz CT molecular complexity index is 534. The Morgan fingerprint density at radius 1 is 1.32 bits per heavy atom. The Morgan fingerprint density at radius 2 is 2.11 bits per heavy atom. The standard InChI is InChI=1S/C14H17N3OS/c1-2-19-12-5-3-11(4-6-12)14-16-13(18-17-14)7-10-8-15-9-10/h3-6,10,15H,2,7-9H2,1H3. The molecule has 1 aromatic carbocycles. The van der Waals surface area contributed by atoms with Gasteiger partial charge in [0.15, 0.2) is 0 Å². The maximum absolute atomic E-state index is 5.31. The molecule has 1 aliphatic rings. The predicted molar refractivity (Wildman–Crippen MR) is 76.2 cm³/mol. The summed E-state index contributed by atoms with van der Waals surface area (Å²) in [6.45, 7) is 4.26. The molecule has 100 valence electrons. The first-order valence-electron chi connectivity index (χ1n) is 6.61. The van der Waals surface area contributed by atoms with E-state index in [9.17, 15) is 0 Å². The maximum Gasteiger partial charge on any atom is 0.227 e. The van der Waals surface area contributed by atoms with Crippen molar-refractivity contribution in [2.45, 2.75) is 18.2 Å². The van der Waals surface area contributed by atoms with E-state index < -0.39 is 0 Å². The zero-order valence-corrected chi connectivity index (χ0v) is 11.7. The number of nitrogens with zero attached hydrogens (tertiary/aromatic N) is 2. The highest BCUT2D eigenvalue weighted by atomic mass is 32.2. The van der Waals surface area contributed by atoms with Gasteiger partial charge in [-0.2, -0.15) is 4.98 Å². The molecule has 0 atom stereocenters. The average Bonchev–Trinajstić information content (AvgIpc) is 2.84. The number of rotatable bonds is 5. The minimum atomic E-state index is 0.650. The van der Waals surface area contributed by atoms with Crippen LogP contribution < -0.4 is 5.32 Å². The summed E-state index contributed by atoms with van der Waals surface area (Å²) in [5.74, 6) is 3.17. The molecular weight excluding hydrogens is 258 g/mol. The summed E-state index contributed by atoms with van der Waals surface area (Å²) in [5, 5.41) is 7.31. The summed E-state index contributed by atoms with van der Waals surface area (Å²) in [4.78, 5) is 5.74. The van der Waals surface area contributed by atoms with E-state index in [2.05, 4.69) is 46.6 Å². The third-order valence-electron chi connectivity index (χ3n) is 3.22. The first-order valence-corrected chi connectivity index (χ1v) is 7.60. The van der Waals surface area contributed by atoms with Crippen LogP contribution in [0.3, 0.4) is 0 Å². The minimum absolute atomic E-state index is 0.650. The van der Waals surface area contributed by atoms with Crippen molar-refractivity contribution < 1.29 is 4.52 Å². The largest absolute Gasteiger partial charge is 0.339 e. The second-order valence-corrected chi connectivity index (χ2v) is 6.03. The Balaban J connectivity index is 1.70. The minimum Gasteiger partial charge on any atom is -0.339 e. The van der Waals surface area contributed by atoms with E-state index in [0.717, 1.165) is 36.7 Å². The summed E-state index contributed by atoms with van der Waals surface area (Å²) in [6.07, 6.45) is 0.879. The molecule has 0 bridgehead atoms. The lowest BCUT2D eigenvalue weighted by molar-refractivity contribution is 0.296. The molecular formula is C14H17N3OS. The predicted octanol–water partition coefficient (Wildman–Crippen LogP) is 2.61. The zero-order chi connectivity index (χ0) is 13.1. The second-order valence-electron chi connectivity index (χ2n) is 4.70. The van der Waals surface area contributed by atoms with Crippen molar-refractivity contribution in [3.8, 4) is 11.4 Å². The molecule has 0 saturated carbocycles. The summed E-state index contributed by atoms with van der Waals surface area (Å²) in [6, 6.07) is 8.32. The molecule has 0 unspecified atom stereocenters. The van der Waals surface area contributed by atoms with Crippen molar-refractivity contribution in [2.75, 3.05) is 18.8 Å². The number of benzene rings is 1. The molecule has 1 N–H and O–H groups in total. The van der Waals surface area contributed by atoms with Crippen LogP contribution in [0.4, 0.5) is 0 Å². The van der Waals surface area contributed by atoms with Crippen LogP contribution in [0.2, 0.25) is 0 Å². The van der Waals surface area contributed by atoms with Gasteiger partial charge in [0.25, 0.3) is 0 Å². The van der Waals surface area contributed by atoms with Gasteiger partial charge in [0, 0.05) is 16.9 Å². The Hall–Kier alpha value is -1.33. The SMILES string of the molecule is CCSc1ccc(-c2noc(CC3CNC3)n2)cc1. The molecule has 0 radical (unpaired) electrons. The Kier molecular flexibility index (Phi) is 3.84. The number of hydrogen-bond donors (Lipinski definition) is 1. The van der Waals surface area contributed by atoms with E-state index in [1.807, 2.05) is 11.8 Å². The van der Waals surface area contributed by atoms with Gasteiger partial charge >= 0.3 is 0 Å². The van der Waals surface area contributed by atoms with Gasteiger partial charge in [-0.3, -0.25) is 0 Å². The summed E-state index contributed by atoms with van der Waals surface area (Å²) in [5.41, 5.74) is 1.02. The average molecular weight is 275 g/mol. The van der Waals surface area contributed by atoms with E-state index in [4.69, 9.17) is 4.52 Å². The van der Waals surface area contributed by atoms with E-state index in [1.165, 1.54) is 4.90 Å². The van der Waals surface area contributed by atoms with Crippen LogP contribution >= 0.6 is 11.8 Å². The number of aromatic nitrogens is 2. The lowest BCUT2D eigenvalue weighted by Gasteiger charge is -2.25. The van der Waals surface area contributed by atoms with Gasteiger partial charge in [0.2, 0.25) is 11.7 Å². The molecule has 5 heteroatoms. The number of thioether (sulfide) groups is 1. The molecule has 0 aliphatic carbocycles. The molecule has 1 aromatic heterocycles. The monoisotopic (exact) mass is 275 g/mol. The van der Waals surface area contributed by atoms with Crippen molar-refractivity contribution >= 4 is 11.8 Å². The molecule has 0 amide bonds. The third-order valence-corrected chi connectivity index (χ3v) is 4.12. The van der Waals surface area contributed by atoms with Crippen molar-refractivity contribution in [2.24, 2.45) is 5.92 Å². The van der Waals surface area contributed by atoms with Crippen LogP contribution in [0.25, 0.3) is 11.4 Å². The summed E-state index contributed by atoms with van der Waals surface area (Å²) >= 11 is 1.83. The van der Waals surface area contributed by atoms with Crippen molar-refractivity contribution in [3.05, 3.63) is 30.2 Å². The van der Waals surface area contributed by atoms with Crippen molar-refractivity contribution in [1.29, 1.82) is 0 Å². The van der Waals surface area contributed by atoms with Gasteiger partial charge in [0.1, 0.15) is 0 Å². The zero-order valence-electron chi connectivity index (χ0n) is 10.9. The normalized spacial score (nSPS) is 15.4.